The fourth-order valence-electron chi connectivity index (χ4n) is 7.69. The van der Waals surface area contributed by atoms with Crippen LogP contribution in [0.3, 0.4) is 0 Å². The van der Waals surface area contributed by atoms with Crippen LogP contribution in [-0.4, -0.2) is 52.6 Å². The van der Waals surface area contributed by atoms with Crippen LogP contribution in [0.2, 0.25) is 0 Å². The summed E-state index contributed by atoms with van der Waals surface area (Å²) in [5.74, 6) is 1.19. The molecule has 42 heavy (non-hydrogen) atoms. The molecule has 0 radical (unpaired) electrons. The number of ether oxygens (including phenoxy) is 3. The van der Waals surface area contributed by atoms with E-state index in [9.17, 15) is 14.4 Å². The van der Waals surface area contributed by atoms with E-state index in [1.54, 1.807) is 4.57 Å². The molecule has 3 aromatic rings. The number of nitrogens with zero attached hydrogens (tertiary/aromatic N) is 3. The van der Waals surface area contributed by atoms with Gasteiger partial charge in [-0.1, -0.05) is 19.8 Å². The van der Waals surface area contributed by atoms with E-state index >= 15 is 0 Å². The van der Waals surface area contributed by atoms with Gasteiger partial charge in [0, 0.05) is 41.1 Å². The van der Waals surface area contributed by atoms with E-state index < -0.39 is 11.6 Å². The van der Waals surface area contributed by atoms with E-state index in [2.05, 4.69) is 4.90 Å². The molecule has 0 bridgehead atoms. The Morgan fingerprint density at radius 2 is 1.83 bits per heavy atom. The zero-order valence-corrected chi connectivity index (χ0v) is 24.0. The van der Waals surface area contributed by atoms with E-state index in [0.717, 1.165) is 66.7 Å². The van der Waals surface area contributed by atoms with Gasteiger partial charge in [0.05, 0.1) is 29.9 Å². The van der Waals surface area contributed by atoms with Crippen LogP contribution in [0.15, 0.2) is 23.0 Å². The van der Waals surface area contributed by atoms with Crippen molar-refractivity contribution in [3.05, 3.63) is 50.8 Å². The van der Waals surface area contributed by atoms with Crippen molar-refractivity contribution in [2.75, 3.05) is 26.4 Å². The third kappa shape index (κ3) is 3.78. The van der Waals surface area contributed by atoms with Crippen molar-refractivity contribution < 1.29 is 23.8 Å². The van der Waals surface area contributed by atoms with Gasteiger partial charge < -0.3 is 23.7 Å². The second-order valence-electron chi connectivity index (χ2n) is 12.4. The number of piperidine rings is 1. The first-order chi connectivity index (χ1) is 20.5. The molecular formula is C33H35N3O6. The maximum absolute atomic E-state index is 14.0. The normalized spacial score (nSPS) is 22.6. The Morgan fingerprint density at radius 1 is 1.05 bits per heavy atom. The van der Waals surface area contributed by atoms with Gasteiger partial charge in [-0.15, -0.1) is 0 Å². The highest BCUT2D eigenvalue weighted by molar-refractivity contribution is 5.98. The quantitative estimate of drug-likeness (QED) is 0.312. The number of carbonyl (C=O) groups excluding carboxylic acids is 2. The topological polar surface area (TPSA) is 100.0 Å². The molecule has 218 valence electrons. The number of hydrogen-bond acceptors (Lipinski definition) is 8. The zero-order chi connectivity index (χ0) is 28.6. The third-order valence-corrected chi connectivity index (χ3v) is 10.2. The molecule has 2 aromatic heterocycles. The lowest BCUT2D eigenvalue weighted by atomic mass is 9.76. The van der Waals surface area contributed by atoms with Crippen molar-refractivity contribution in [3.63, 3.8) is 0 Å². The lowest BCUT2D eigenvalue weighted by Gasteiger charge is -2.29. The van der Waals surface area contributed by atoms with Crippen molar-refractivity contribution in [1.29, 1.82) is 0 Å². The minimum atomic E-state index is -1.44. The summed E-state index contributed by atoms with van der Waals surface area (Å²) in [4.78, 5) is 48.1. The minimum absolute atomic E-state index is 0.0235. The smallest absolute Gasteiger partial charge is 0.308 e. The first kappa shape index (κ1) is 25.9. The molecule has 1 unspecified atom stereocenters. The molecule has 5 heterocycles. The average Bonchev–Trinajstić information content (AvgIpc) is 3.65. The molecule has 0 amide bonds. The zero-order valence-electron chi connectivity index (χ0n) is 24.0. The fourth-order valence-corrected chi connectivity index (χ4v) is 7.69. The van der Waals surface area contributed by atoms with E-state index in [1.807, 2.05) is 25.1 Å². The van der Waals surface area contributed by atoms with Gasteiger partial charge in [-0.2, -0.15) is 0 Å². The molecular weight excluding hydrogens is 534 g/mol. The number of likely N-dealkylation sites (tertiary alicyclic amines) is 1. The maximum atomic E-state index is 14.0. The van der Waals surface area contributed by atoms with E-state index in [0.29, 0.717) is 41.6 Å². The molecule has 2 aliphatic carbocycles. The number of carbonyl (C=O) groups is 2. The average molecular weight is 570 g/mol. The van der Waals surface area contributed by atoms with E-state index in [1.165, 1.54) is 18.4 Å². The van der Waals surface area contributed by atoms with Gasteiger partial charge in [0.1, 0.15) is 0 Å². The van der Waals surface area contributed by atoms with Gasteiger partial charge in [-0.25, -0.2) is 4.98 Å². The first-order valence-corrected chi connectivity index (χ1v) is 15.5. The van der Waals surface area contributed by atoms with Crippen LogP contribution in [-0.2, 0) is 32.9 Å². The molecule has 1 atom stereocenters. The molecule has 2 fully saturated rings. The van der Waals surface area contributed by atoms with Crippen molar-refractivity contribution in [2.24, 2.45) is 0 Å². The predicted octanol–water partition coefficient (Wildman–Crippen LogP) is 4.57. The number of pyridine rings is 2. The van der Waals surface area contributed by atoms with Crippen molar-refractivity contribution in [1.82, 2.24) is 14.5 Å². The van der Waals surface area contributed by atoms with Crippen LogP contribution in [0, 0.1) is 0 Å². The maximum Gasteiger partial charge on any atom is 0.308 e. The SMILES string of the molecule is CCC1(OC(=O)CCN2CCCCC2)C(=O)Cc2c1cc1n(c2=O)Cc2c-1nc1cc3c(cc1c2C1CCC1)OCO3. The summed E-state index contributed by atoms with van der Waals surface area (Å²) in [5.41, 5.74) is 3.92. The van der Waals surface area contributed by atoms with Gasteiger partial charge in [0.15, 0.2) is 22.9 Å². The van der Waals surface area contributed by atoms with Gasteiger partial charge in [-0.05, 0) is 68.8 Å². The van der Waals surface area contributed by atoms with Crippen molar-refractivity contribution in [2.45, 2.75) is 82.8 Å². The molecule has 9 heteroatoms. The Hall–Kier alpha value is -3.72. The lowest BCUT2D eigenvalue weighted by molar-refractivity contribution is -0.168. The first-order valence-electron chi connectivity index (χ1n) is 15.5. The summed E-state index contributed by atoms with van der Waals surface area (Å²) >= 11 is 0. The molecule has 0 N–H and O–H groups in total. The molecule has 1 aromatic carbocycles. The fraction of sp³-hybridized carbons (Fsp3) is 0.515. The highest BCUT2D eigenvalue weighted by Gasteiger charge is 2.51. The third-order valence-electron chi connectivity index (χ3n) is 10.2. The van der Waals surface area contributed by atoms with Crippen LogP contribution < -0.4 is 15.0 Å². The number of Topliss-reactive ketones (excluding diaryl/α,β-unsaturated/α-hetero) is 1. The standard InChI is InChI=1S/C33H35N3O6/c1-2-33(42-29(38)9-12-35-10-4-3-5-11-35)23-15-25-31-22(17-36(25)32(39)20(23)14-28(33)37)30(19-7-6-8-19)21-13-26-27(41-18-40-26)16-24(21)34-31/h13,15-16,19H,2-12,14,17-18H2,1H3. The summed E-state index contributed by atoms with van der Waals surface area (Å²) in [7, 11) is 0. The summed E-state index contributed by atoms with van der Waals surface area (Å²) in [5, 5.41) is 1.05. The molecule has 8 rings (SSSR count). The molecule has 5 aliphatic rings. The number of benzene rings is 1. The molecule has 9 nitrogen and oxygen atoms in total. The highest BCUT2D eigenvalue weighted by Crippen LogP contribution is 2.49. The Morgan fingerprint density at radius 3 is 2.57 bits per heavy atom. The molecule has 0 spiro atoms. The summed E-state index contributed by atoms with van der Waals surface area (Å²) in [6.07, 6.45) is 7.38. The second kappa shape index (κ2) is 9.66. The number of rotatable bonds is 6. The van der Waals surface area contributed by atoms with Gasteiger partial charge in [0.2, 0.25) is 6.79 Å². The van der Waals surface area contributed by atoms with Crippen LogP contribution in [0.25, 0.3) is 22.3 Å². The largest absolute Gasteiger partial charge is 0.454 e. The van der Waals surface area contributed by atoms with E-state index in [-0.39, 0.29) is 37.4 Å². The molecule has 1 saturated carbocycles. The minimum Gasteiger partial charge on any atom is -0.454 e. The van der Waals surface area contributed by atoms with Crippen LogP contribution in [0.4, 0.5) is 0 Å². The number of ketones is 1. The summed E-state index contributed by atoms with van der Waals surface area (Å²) < 4.78 is 19.2. The monoisotopic (exact) mass is 569 g/mol. The van der Waals surface area contributed by atoms with Crippen LogP contribution in [0.5, 0.6) is 11.5 Å². The Kier molecular flexibility index (Phi) is 5.97. The Bertz CT molecular complexity index is 1720. The van der Waals surface area contributed by atoms with Crippen molar-refractivity contribution in [3.8, 4) is 22.9 Å². The number of aromatic nitrogens is 2. The summed E-state index contributed by atoms with van der Waals surface area (Å²) in [6.45, 7) is 5.07. The van der Waals surface area contributed by atoms with Crippen LogP contribution in [0.1, 0.15) is 86.5 Å². The lowest BCUT2D eigenvalue weighted by Crippen LogP contribution is -2.38. The number of fused-ring (bicyclic) bond motifs is 6. The second-order valence-corrected chi connectivity index (χ2v) is 12.4. The van der Waals surface area contributed by atoms with E-state index in [4.69, 9.17) is 19.2 Å². The number of hydrogen-bond donors (Lipinski definition) is 0. The molecule has 3 aliphatic heterocycles. The molecule has 1 saturated heterocycles. The summed E-state index contributed by atoms with van der Waals surface area (Å²) in [6, 6.07) is 5.87. The van der Waals surface area contributed by atoms with Gasteiger partial charge in [0.25, 0.3) is 5.56 Å². The Labute approximate surface area is 243 Å². The van der Waals surface area contributed by atoms with Gasteiger partial charge >= 0.3 is 5.97 Å². The van der Waals surface area contributed by atoms with Gasteiger partial charge in [-0.3, -0.25) is 14.4 Å². The Balaban J connectivity index is 1.21. The number of esters is 1. The van der Waals surface area contributed by atoms with Crippen molar-refractivity contribution >= 4 is 22.7 Å². The highest BCUT2D eigenvalue weighted by atomic mass is 16.7. The van der Waals surface area contributed by atoms with Crippen LogP contribution >= 0.6 is 0 Å². The predicted molar refractivity (Wildman–Crippen MR) is 155 cm³/mol.